The zero-order chi connectivity index (χ0) is 16.3. The van der Waals surface area contributed by atoms with Crippen LogP contribution < -0.4 is 11.4 Å². The molecule has 2 aromatic rings. The number of carbonyl (C=O) groups is 1. The van der Waals surface area contributed by atoms with Gasteiger partial charge in [0.25, 0.3) is 0 Å². The summed E-state index contributed by atoms with van der Waals surface area (Å²) < 4.78 is 1.58. The zero-order valence-electron chi connectivity index (χ0n) is 11.9. The van der Waals surface area contributed by atoms with Crippen LogP contribution in [0.4, 0.5) is 0 Å². The molecule has 2 rings (SSSR count). The van der Waals surface area contributed by atoms with Gasteiger partial charge in [-0.2, -0.15) is 4.68 Å². The van der Waals surface area contributed by atoms with E-state index in [-0.39, 0.29) is 17.1 Å². The summed E-state index contributed by atoms with van der Waals surface area (Å²) >= 11 is 11.7. The number of nitrogens with one attached hydrogen (secondary N) is 1. The summed E-state index contributed by atoms with van der Waals surface area (Å²) in [6, 6.07) is 4.36. The van der Waals surface area contributed by atoms with Gasteiger partial charge in [0.1, 0.15) is 0 Å². The van der Waals surface area contributed by atoms with Crippen molar-refractivity contribution < 1.29 is 4.79 Å². The molecule has 0 spiro atoms. The Morgan fingerprint density at radius 1 is 1.18 bits per heavy atom. The highest BCUT2D eigenvalue weighted by molar-refractivity contribution is 6.42. The summed E-state index contributed by atoms with van der Waals surface area (Å²) in [5.74, 6) is -0.436. The number of rotatable bonds is 5. The predicted octanol–water partition coefficient (Wildman–Crippen LogP) is 2.85. The van der Waals surface area contributed by atoms with Gasteiger partial charge >= 0.3 is 11.4 Å². The molecule has 118 valence electrons. The minimum absolute atomic E-state index is 0.203. The van der Waals surface area contributed by atoms with Gasteiger partial charge in [-0.05, 0) is 24.6 Å². The van der Waals surface area contributed by atoms with Gasteiger partial charge < -0.3 is 0 Å². The molecule has 1 aromatic heterocycles. The Kier molecular flexibility index (Phi) is 5.26. The molecule has 1 aromatic carbocycles. The van der Waals surface area contributed by atoms with E-state index >= 15 is 0 Å². The van der Waals surface area contributed by atoms with Gasteiger partial charge in [-0.1, -0.05) is 43.0 Å². The molecule has 0 bridgehead atoms. The van der Waals surface area contributed by atoms with E-state index in [4.69, 9.17) is 23.2 Å². The number of H-pyrrole nitrogens is 1. The molecule has 0 saturated carbocycles. The summed E-state index contributed by atoms with van der Waals surface area (Å²) in [7, 11) is 0. The van der Waals surface area contributed by atoms with Crippen LogP contribution in [0.25, 0.3) is 5.69 Å². The molecule has 0 aliphatic carbocycles. The second kappa shape index (κ2) is 6.98. The van der Waals surface area contributed by atoms with Crippen molar-refractivity contribution in [2.75, 3.05) is 0 Å². The van der Waals surface area contributed by atoms with E-state index in [9.17, 15) is 14.4 Å². The van der Waals surface area contributed by atoms with Crippen LogP contribution in [0.5, 0.6) is 0 Å². The standard InChI is InChI=1S/C14H15Cl2N3O3/c1-2-3-4-5-12(20)19-14(22)18(13(21)17-19)9-6-7-10(15)11(16)8-9/h6-8H,2-5H2,1H3,(H,17,21). The SMILES string of the molecule is CCCCCC(=O)n1[nH]c(=O)n(-c2ccc(Cl)c(Cl)c2)c1=O. The Bertz CT molecular complexity index is 804. The Morgan fingerprint density at radius 2 is 1.91 bits per heavy atom. The maximum atomic E-state index is 12.3. The van der Waals surface area contributed by atoms with Crippen molar-refractivity contribution in [3.63, 3.8) is 0 Å². The second-order valence-electron chi connectivity index (χ2n) is 4.82. The van der Waals surface area contributed by atoms with E-state index in [0.29, 0.717) is 11.4 Å². The summed E-state index contributed by atoms with van der Waals surface area (Å²) in [4.78, 5) is 36.2. The molecule has 22 heavy (non-hydrogen) atoms. The topological polar surface area (TPSA) is 76.9 Å². The predicted molar refractivity (Wildman–Crippen MR) is 85.4 cm³/mol. The number of carbonyl (C=O) groups excluding carboxylic acids is 1. The van der Waals surface area contributed by atoms with Gasteiger partial charge in [0.15, 0.2) is 0 Å². The summed E-state index contributed by atoms with van der Waals surface area (Å²) in [6.45, 7) is 2.01. The molecule has 0 atom stereocenters. The molecule has 0 amide bonds. The van der Waals surface area contributed by atoms with Crippen molar-refractivity contribution >= 4 is 29.1 Å². The van der Waals surface area contributed by atoms with Crippen LogP contribution in [0.15, 0.2) is 27.8 Å². The van der Waals surface area contributed by atoms with E-state index in [1.54, 1.807) is 0 Å². The van der Waals surface area contributed by atoms with Crippen LogP contribution in [0.2, 0.25) is 10.0 Å². The molecule has 6 nitrogen and oxygen atoms in total. The lowest BCUT2D eigenvalue weighted by molar-refractivity contribution is 0.0878. The number of hydrogen-bond acceptors (Lipinski definition) is 3. The minimum atomic E-state index is -0.745. The van der Waals surface area contributed by atoms with Gasteiger partial charge in [-0.15, -0.1) is 0 Å². The first kappa shape index (κ1) is 16.6. The quantitative estimate of drug-likeness (QED) is 0.848. The molecule has 1 N–H and O–H groups in total. The number of halogens is 2. The molecule has 0 fully saturated rings. The molecule has 0 aliphatic heterocycles. The van der Waals surface area contributed by atoms with Crippen molar-refractivity contribution in [1.29, 1.82) is 0 Å². The first-order chi connectivity index (χ1) is 10.5. The Balaban J connectivity index is 2.39. The van der Waals surface area contributed by atoms with Crippen molar-refractivity contribution in [2.45, 2.75) is 32.6 Å². The smallest absolute Gasteiger partial charge is 0.272 e. The van der Waals surface area contributed by atoms with Gasteiger partial charge in [0, 0.05) is 6.42 Å². The van der Waals surface area contributed by atoms with Crippen molar-refractivity contribution in [2.24, 2.45) is 0 Å². The van der Waals surface area contributed by atoms with Crippen molar-refractivity contribution in [3.8, 4) is 5.69 Å². The monoisotopic (exact) mass is 343 g/mol. The van der Waals surface area contributed by atoms with Crippen LogP contribution in [0.1, 0.15) is 37.4 Å². The lowest BCUT2D eigenvalue weighted by Crippen LogP contribution is -2.30. The highest BCUT2D eigenvalue weighted by Gasteiger charge is 2.16. The average molecular weight is 344 g/mol. The number of aromatic amines is 1. The highest BCUT2D eigenvalue weighted by atomic mass is 35.5. The zero-order valence-corrected chi connectivity index (χ0v) is 13.4. The maximum absolute atomic E-state index is 12.3. The number of benzene rings is 1. The van der Waals surface area contributed by atoms with Crippen LogP contribution in [-0.2, 0) is 0 Å². The number of hydrogen-bond donors (Lipinski definition) is 1. The number of aromatic nitrogens is 3. The first-order valence-electron chi connectivity index (χ1n) is 6.88. The van der Waals surface area contributed by atoms with Crippen LogP contribution in [0.3, 0.4) is 0 Å². The van der Waals surface area contributed by atoms with Crippen molar-refractivity contribution in [1.82, 2.24) is 14.3 Å². The molecule has 0 radical (unpaired) electrons. The highest BCUT2D eigenvalue weighted by Crippen LogP contribution is 2.23. The van der Waals surface area contributed by atoms with Crippen LogP contribution in [-0.4, -0.2) is 20.3 Å². The normalized spacial score (nSPS) is 10.9. The fourth-order valence-corrected chi connectivity index (χ4v) is 2.33. The molecule has 8 heteroatoms. The van der Waals surface area contributed by atoms with E-state index in [0.717, 1.165) is 22.1 Å². The Morgan fingerprint density at radius 3 is 2.55 bits per heavy atom. The summed E-state index contributed by atoms with van der Waals surface area (Å²) in [6.07, 6.45) is 2.72. The van der Waals surface area contributed by atoms with Gasteiger partial charge in [-0.3, -0.25) is 4.79 Å². The molecule has 1 heterocycles. The lowest BCUT2D eigenvalue weighted by atomic mass is 10.2. The Labute approximate surface area is 136 Å². The van der Waals surface area contributed by atoms with E-state index in [1.807, 2.05) is 6.92 Å². The van der Waals surface area contributed by atoms with Gasteiger partial charge in [0.2, 0.25) is 5.91 Å². The average Bonchev–Trinajstić information content (AvgIpc) is 2.77. The van der Waals surface area contributed by atoms with Gasteiger partial charge in [0.05, 0.1) is 15.7 Å². The molecule has 0 saturated heterocycles. The number of nitrogens with zero attached hydrogens (tertiary/aromatic N) is 2. The Hall–Kier alpha value is -1.79. The van der Waals surface area contributed by atoms with E-state index < -0.39 is 17.3 Å². The summed E-state index contributed by atoms with van der Waals surface area (Å²) in [5, 5.41) is 2.78. The molecule has 0 aliphatic rings. The van der Waals surface area contributed by atoms with Crippen LogP contribution >= 0.6 is 23.2 Å². The van der Waals surface area contributed by atoms with Crippen molar-refractivity contribution in [3.05, 3.63) is 49.2 Å². The van der Waals surface area contributed by atoms with E-state index in [1.165, 1.54) is 18.2 Å². The second-order valence-corrected chi connectivity index (χ2v) is 5.63. The third-order valence-corrected chi connectivity index (χ3v) is 3.94. The lowest BCUT2D eigenvalue weighted by Gasteiger charge is -2.02. The van der Waals surface area contributed by atoms with Crippen LogP contribution in [0, 0.1) is 0 Å². The maximum Gasteiger partial charge on any atom is 0.358 e. The van der Waals surface area contributed by atoms with E-state index in [2.05, 4.69) is 5.10 Å². The number of unbranched alkanes of at least 4 members (excludes halogenated alkanes) is 2. The first-order valence-corrected chi connectivity index (χ1v) is 7.64. The molecule has 0 unspecified atom stereocenters. The van der Waals surface area contributed by atoms with Gasteiger partial charge in [-0.25, -0.2) is 19.3 Å². The largest absolute Gasteiger partial charge is 0.358 e. The third kappa shape index (κ3) is 3.34. The fourth-order valence-electron chi connectivity index (χ4n) is 2.04. The fraction of sp³-hybridized carbons (Fsp3) is 0.357. The molecular formula is C14H15Cl2N3O3. The minimum Gasteiger partial charge on any atom is -0.272 e. The third-order valence-electron chi connectivity index (χ3n) is 3.20. The molecular weight excluding hydrogens is 329 g/mol. The summed E-state index contributed by atoms with van der Waals surface area (Å²) in [5.41, 5.74) is -1.20.